The van der Waals surface area contributed by atoms with Gasteiger partial charge in [0.2, 0.25) is 0 Å². The minimum absolute atomic E-state index is 0.507. The highest BCUT2D eigenvalue weighted by Crippen LogP contribution is 2.46. The van der Waals surface area contributed by atoms with Crippen LogP contribution in [0.3, 0.4) is 0 Å². The van der Waals surface area contributed by atoms with E-state index in [4.69, 9.17) is 25.1 Å². The number of carboxylic acid groups (broad SMARTS) is 2. The second-order valence-corrected chi connectivity index (χ2v) is 4.48. The molecule has 0 amide bonds. The van der Waals surface area contributed by atoms with Crippen molar-refractivity contribution in [1.29, 1.82) is 0 Å². The van der Waals surface area contributed by atoms with Crippen LogP contribution in [0.5, 0.6) is 0 Å². The summed E-state index contributed by atoms with van der Waals surface area (Å²) in [6.45, 7) is 0.507. The SMILES string of the molecule is CC(O)(C(=O)O)C(C(=O)O)P(=O)(O)O. The molecule has 0 aliphatic heterocycles. The Labute approximate surface area is 78.0 Å². The standard InChI is InChI=1S/C5H9O8P/c1-5(10,4(8)9)2(3(6)7)14(11,12)13/h2,10H,1H3,(H,6,7)(H,8,9)(H2,11,12,13). The first-order chi connectivity index (χ1) is 6.01. The van der Waals surface area contributed by atoms with Crippen LogP contribution in [0.25, 0.3) is 0 Å². The molecule has 0 saturated carbocycles. The summed E-state index contributed by atoms with van der Waals surface area (Å²) < 4.78 is 10.6. The molecule has 8 nitrogen and oxygen atoms in total. The Kier molecular flexibility index (Phi) is 3.41. The Balaban J connectivity index is 5.35. The number of hydrogen-bond donors (Lipinski definition) is 5. The van der Waals surface area contributed by atoms with Gasteiger partial charge in [0.25, 0.3) is 0 Å². The third-order valence-electron chi connectivity index (χ3n) is 1.54. The average molecular weight is 228 g/mol. The topological polar surface area (TPSA) is 152 Å². The Morgan fingerprint density at radius 1 is 1.29 bits per heavy atom. The van der Waals surface area contributed by atoms with Gasteiger partial charge < -0.3 is 25.1 Å². The monoisotopic (exact) mass is 228 g/mol. The maximum atomic E-state index is 10.6. The number of aliphatic hydroxyl groups is 1. The third-order valence-corrected chi connectivity index (χ3v) is 2.93. The quantitative estimate of drug-likeness (QED) is 0.362. The smallest absolute Gasteiger partial charge is 0.343 e. The van der Waals surface area contributed by atoms with Crippen LogP contribution < -0.4 is 0 Å². The molecule has 0 aromatic carbocycles. The summed E-state index contributed by atoms with van der Waals surface area (Å²) in [5, 5.41) is 25.8. The van der Waals surface area contributed by atoms with E-state index in [0.717, 1.165) is 0 Å². The molecule has 0 spiro atoms. The summed E-state index contributed by atoms with van der Waals surface area (Å²) >= 11 is 0. The predicted molar refractivity (Wildman–Crippen MR) is 41.7 cm³/mol. The van der Waals surface area contributed by atoms with E-state index < -0.39 is 30.8 Å². The highest BCUT2D eigenvalue weighted by molar-refractivity contribution is 7.53. The molecule has 2 atom stereocenters. The Morgan fingerprint density at radius 3 is 1.71 bits per heavy atom. The number of hydrogen-bond acceptors (Lipinski definition) is 4. The summed E-state index contributed by atoms with van der Waals surface area (Å²) in [6, 6.07) is 0. The number of carboxylic acids is 2. The molecule has 0 saturated heterocycles. The van der Waals surface area contributed by atoms with Crippen LogP contribution in [0.15, 0.2) is 0 Å². The lowest BCUT2D eigenvalue weighted by Gasteiger charge is -2.25. The molecule has 0 radical (unpaired) electrons. The zero-order valence-corrected chi connectivity index (χ0v) is 7.88. The Hall–Kier alpha value is -0.950. The van der Waals surface area contributed by atoms with Gasteiger partial charge in [0.05, 0.1) is 0 Å². The summed E-state index contributed by atoms with van der Waals surface area (Å²) in [5.74, 6) is -4.10. The van der Waals surface area contributed by atoms with E-state index in [0.29, 0.717) is 6.92 Å². The first-order valence-corrected chi connectivity index (χ1v) is 4.93. The second kappa shape index (κ2) is 3.66. The fourth-order valence-electron chi connectivity index (χ4n) is 0.829. The molecule has 0 heterocycles. The summed E-state index contributed by atoms with van der Waals surface area (Å²) in [6.07, 6.45) is 0. The van der Waals surface area contributed by atoms with Crippen molar-refractivity contribution in [2.24, 2.45) is 0 Å². The Bertz CT molecular complexity index is 301. The van der Waals surface area contributed by atoms with E-state index in [9.17, 15) is 14.2 Å². The van der Waals surface area contributed by atoms with Gasteiger partial charge >= 0.3 is 19.5 Å². The molecule has 0 aromatic rings. The lowest BCUT2D eigenvalue weighted by atomic mass is 10.0. The minimum atomic E-state index is -5.24. The number of carbonyl (C=O) groups is 2. The molecule has 14 heavy (non-hydrogen) atoms. The van der Waals surface area contributed by atoms with Gasteiger partial charge in [-0.1, -0.05) is 0 Å². The van der Waals surface area contributed by atoms with Gasteiger partial charge in [0.15, 0.2) is 11.3 Å². The van der Waals surface area contributed by atoms with E-state index in [1.54, 1.807) is 0 Å². The minimum Gasteiger partial charge on any atom is -0.480 e. The molecule has 0 rings (SSSR count). The van der Waals surface area contributed by atoms with Crippen LogP contribution in [0.4, 0.5) is 0 Å². The maximum Gasteiger partial charge on any atom is 0.343 e. The zero-order chi connectivity index (χ0) is 11.7. The van der Waals surface area contributed by atoms with Crippen molar-refractivity contribution in [3.8, 4) is 0 Å². The van der Waals surface area contributed by atoms with Gasteiger partial charge in [0.1, 0.15) is 0 Å². The van der Waals surface area contributed by atoms with Crippen molar-refractivity contribution in [2.45, 2.75) is 18.2 Å². The lowest BCUT2D eigenvalue weighted by molar-refractivity contribution is -0.163. The van der Waals surface area contributed by atoms with E-state index in [1.807, 2.05) is 0 Å². The normalized spacial score (nSPS) is 18.3. The van der Waals surface area contributed by atoms with Crippen LogP contribution in [0, 0.1) is 0 Å². The van der Waals surface area contributed by atoms with Crippen molar-refractivity contribution >= 4 is 19.5 Å². The summed E-state index contributed by atoms with van der Waals surface area (Å²) in [4.78, 5) is 37.8. The van der Waals surface area contributed by atoms with Gasteiger partial charge in [-0.05, 0) is 6.92 Å². The molecule has 0 aliphatic carbocycles. The van der Waals surface area contributed by atoms with Crippen molar-refractivity contribution < 1.29 is 39.3 Å². The van der Waals surface area contributed by atoms with Crippen LogP contribution in [-0.4, -0.2) is 48.3 Å². The van der Waals surface area contributed by atoms with Crippen molar-refractivity contribution in [1.82, 2.24) is 0 Å². The highest BCUT2D eigenvalue weighted by Gasteiger charge is 2.54. The van der Waals surface area contributed by atoms with Crippen molar-refractivity contribution in [2.75, 3.05) is 0 Å². The molecule has 0 bridgehead atoms. The highest BCUT2D eigenvalue weighted by atomic mass is 31.2. The molecule has 82 valence electrons. The van der Waals surface area contributed by atoms with Crippen LogP contribution >= 0.6 is 7.60 Å². The molecular formula is C5H9O8P. The van der Waals surface area contributed by atoms with Crippen LogP contribution in [0.1, 0.15) is 6.92 Å². The number of aliphatic carboxylic acids is 2. The molecular weight excluding hydrogens is 219 g/mol. The second-order valence-electron chi connectivity index (χ2n) is 2.78. The molecule has 9 heteroatoms. The molecule has 0 fully saturated rings. The van der Waals surface area contributed by atoms with Crippen molar-refractivity contribution in [3.05, 3.63) is 0 Å². The molecule has 0 aliphatic rings. The summed E-state index contributed by atoms with van der Waals surface area (Å²) in [7, 11) is -5.24. The van der Waals surface area contributed by atoms with Crippen molar-refractivity contribution in [3.63, 3.8) is 0 Å². The van der Waals surface area contributed by atoms with Crippen LogP contribution in [0.2, 0.25) is 0 Å². The van der Waals surface area contributed by atoms with Gasteiger partial charge in [-0.3, -0.25) is 9.36 Å². The maximum absolute atomic E-state index is 10.6. The fourth-order valence-corrected chi connectivity index (χ4v) is 1.88. The van der Waals surface area contributed by atoms with Gasteiger partial charge in [0, 0.05) is 0 Å². The third kappa shape index (κ3) is 2.52. The average Bonchev–Trinajstić information content (AvgIpc) is 1.79. The largest absolute Gasteiger partial charge is 0.480 e. The number of rotatable bonds is 4. The zero-order valence-electron chi connectivity index (χ0n) is 6.99. The summed E-state index contributed by atoms with van der Waals surface area (Å²) in [5.41, 5.74) is -5.71. The van der Waals surface area contributed by atoms with E-state index in [-0.39, 0.29) is 0 Å². The predicted octanol–water partition coefficient (Wildman–Crippen LogP) is -1.55. The van der Waals surface area contributed by atoms with E-state index >= 15 is 0 Å². The van der Waals surface area contributed by atoms with E-state index in [1.165, 1.54) is 0 Å². The van der Waals surface area contributed by atoms with Gasteiger partial charge in [-0.15, -0.1) is 0 Å². The Morgan fingerprint density at radius 2 is 1.64 bits per heavy atom. The fraction of sp³-hybridized carbons (Fsp3) is 0.600. The van der Waals surface area contributed by atoms with Gasteiger partial charge in [-0.2, -0.15) is 0 Å². The molecule has 0 aromatic heterocycles. The first-order valence-electron chi connectivity index (χ1n) is 3.25. The van der Waals surface area contributed by atoms with E-state index in [2.05, 4.69) is 0 Å². The van der Waals surface area contributed by atoms with Crippen LogP contribution in [-0.2, 0) is 14.2 Å². The molecule has 2 unspecified atom stereocenters. The molecule has 5 N–H and O–H groups in total. The lowest BCUT2D eigenvalue weighted by Crippen LogP contribution is -2.50. The van der Waals surface area contributed by atoms with Gasteiger partial charge in [-0.25, -0.2) is 4.79 Å². The first kappa shape index (κ1) is 13.1.